The highest BCUT2D eigenvalue weighted by atomic mass is 16.1. The largest absolute Gasteiger partial charge is 0.322 e. The maximum atomic E-state index is 12.1. The molecular weight excluding hydrogens is 252 g/mol. The van der Waals surface area contributed by atoms with Gasteiger partial charge in [0.2, 0.25) is 0 Å². The van der Waals surface area contributed by atoms with E-state index in [1.165, 1.54) is 0 Å². The Morgan fingerprint density at radius 2 is 2.10 bits per heavy atom. The maximum absolute atomic E-state index is 12.1. The third-order valence-electron chi connectivity index (χ3n) is 2.74. The number of hydrogen-bond donors (Lipinski definition) is 2. The molecule has 1 aromatic carbocycles. The van der Waals surface area contributed by atoms with Gasteiger partial charge < -0.3 is 11.1 Å². The molecule has 5 heteroatoms. The van der Waals surface area contributed by atoms with E-state index in [0.717, 1.165) is 11.3 Å². The molecule has 0 aliphatic heterocycles. The molecule has 0 aliphatic carbocycles. The molecular formula is C15H16N4O. The summed E-state index contributed by atoms with van der Waals surface area (Å²) in [6.45, 7) is 2.14. The summed E-state index contributed by atoms with van der Waals surface area (Å²) >= 11 is 0. The topological polar surface area (TPSA) is 72.9 Å². The Hall–Kier alpha value is -2.58. The first-order chi connectivity index (χ1) is 9.60. The number of aromatic nitrogens is 2. The minimum atomic E-state index is -0.170. The molecule has 2 rings (SSSR count). The first-order valence-corrected chi connectivity index (χ1v) is 6.20. The summed E-state index contributed by atoms with van der Waals surface area (Å²) < 4.78 is 1.62. The van der Waals surface area contributed by atoms with Crippen molar-refractivity contribution in [1.82, 2.24) is 9.78 Å². The summed E-state index contributed by atoms with van der Waals surface area (Å²) in [5.74, 6) is 5.54. The molecule has 0 spiro atoms. The van der Waals surface area contributed by atoms with E-state index in [4.69, 9.17) is 5.73 Å². The molecule has 1 amide bonds. The van der Waals surface area contributed by atoms with Crippen LogP contribution >= 0.6 is 0 Å². The zero-order chi connectivity index (χ0) is 14.5. The number of nitrogens with zero attached hydrogens (tertiary/aromatic N) is 2. The molecule has 0 saturated heterocycles. The van der Waals surface area contributed by atoms with Crippen LogP contribution in [0.25, 0.3) is 0 Å². The molecule has 1 aromatic heterocycles. The first kappa shape index (κ1) is 13.8. The highest BCUT2D eigenvalue weighted by molar-refractivity contribution is 6.04. The third kappa shape index (κ3) is 3.25. The van der Waals surface area contributed by atoms with E-state index in [-0.39, 0.29) is 5.91 Å². The van der Waals surface area contributed by atoms with Crippen molar-refractivity contribution in [3.8, 4) is 11.8 Å². The number of carbonyl (C=O) groups excluding carboxylic acids is 1. The molecule has 1 heterocycles. The van der Waals surface area contributed by atoms with Gasteiger partial charge in [0.15, 0.2) is 0 Å². The van der Waals surface area contributed by atoms with Crippen LogP contribution in [0, 0.1) is 18.8 Å². The number of amides is 1. The Bertz CT molecular complexity index is 674. The second kappa shape index (κ2) is 6.04. The van der Waals surface area contributed by atoms with Crippen LogP contribution < -0.4 is 11.1 Å². The van der Waals surface area contributed by atoms with Crippen molar-refractivity contribution in [2.24, 2.45) is 12.8 Å². The predicted molar refractivity (Wildman–Crippen MR) is 78.3 cm³/mol. The van der Waals surface area contributed by atoms with Gasteiger partial charge in [0.05, 0.1) is 17.8 Å². The van der Waals surface area contributed by atoms with E-state index in [1.807, 2.05) is 24.3 Å². The maximum Gasteiger partial charge on any atom is 0.259 e. The third-order valence-corrected chi connectivity index (χ3v) is 2.74. The average Bonchev–Trinajstić information content (AvgIpc) is 2.77. The van der Waals surface area contributed by atoms with Gasteiger partial charge in [-0.3, -0.25) is 9.48 Å². The van der Waals surface area contributed by atoms with Crippen LogP contribution in [-0.4, -0.2) is 22.2 Å². The highest BCUT2D eigenvalue weighted by Gasteiger charge is 2.12. The monoisotopic (exact) mass is 268 g/mol. The molecule has 3 N–H and O–H groups in total. The van der Waals surface area contributed by atoms with Crippen molar-refractivity contribution in [2.45, 2.75) is 6.92 Å². The molecule has 0 atom stereocenters. The van der Waals surface area contributed by atoms with Crippen LogP contribution in [0.1, 0.15) is 21.6 Å². The van der Waals surface area contributed by atoms with Crippen LogP contribution in [0.5, 0.6) is 0 Å². The molecule has 0 radical (unpaired) electrons. The lowest BCUT2D eigenvalue weighted by Gasteiger charge is -2.04. The van der Waals surface area contributed by atoms with E-state index in [9.17, 15) is 4.79 Å². The Balaban J connectivity index is 2.10. The van der Waals surface area contributed by atoms with Crippen molar-refractivity contribution in [3.63, 3.8) is 0 Å². The molecule has 0 aliphatic rings. The lowest BCUT2D eigenvalue weighted by molar-refractivity contribution is 0.102. The molecule has 102 valence electrons. The quantitative estimate of drug-likeness (QED) is 0.806. The summed E-state index contributed by atoms with van der Waals surface area (Å²) in [6.07, 6.45) is 1.70. The summed E-state index contributed by atoms with van der Waals surface area (Å²) in [5.41, 5.74) is 8.17. The van der Waals surface area contributed by atoms with E-state index in [0.29, 0.717) is 17.8 Å². The van der Waals surface area contributed by atoms with Crippen LogP contribution in [-0.2, 0) is 7.05 Å². The minimum Gasteiger partial charge on any atom is -0.322 e. The zero-order valence-corrected chi connectivity index (χ0v) is 11.5. The van der Waals surface area contributed by atoms with Crippen molar-refractivity contribution in [3.05, 3.63) is 47.3 Å². The molecule has 0 saturated carbocycles. The predicted octanol–water partition coefficient (Wildman–Crippen LogP) is 1.29. The SMILES string of the molecule is Cc1nn(C)cc1C(=O)Nc1ccc(C#CCN)cc1. The van der Waals surface area contributed by atoms with Crippen LogP contribution in [0.4, 0.5) is 5.69 Å². The number of nitrogens with two attached hydrogens (primary N) is 1. The smallest absolute Gasteiger partial charge is 0.259 e. The summed E-state index contributed by atoms with van der Waals surface area (Å²) in [5, 5.41) is 6.98. The van der Waals surface area contributed by atoms with Crippen molar-refractivity contribution in [2.75, 3.05) is 11.9 Å². The van der Waals surface area contributed by atoms with Crippen molar-refractivity contribution >= 4 is 11.6 Å². The average molecular weight is 268 g/mol. The molecule has 20 heavy (non-hydrogen) atoms. The Morgan fingerprint density at radius 3 is 2.65 bits per heavy atom. The summed E-state index contributed by atoms with van der Waals surface area (Å²) in [7, 11) is 1.79. The Kier molecular flexibility index (Phi) is 4.18. The fourth-order valence-electron chi connectivity index (χ4n) is 1.81. The van der Waals surface area contributed by atoms with Gasteiger partial charge in [0, 0.05) is 24.5 Å². The van der Waals surface area contributed by atoms with Crippen LogP contribution in [0.3, 0.4) is 0 Å². The van der Waals surface area contributed by atoms with Crippen LogP contribution in [0.2, 0.25) is 0 Å². The van der Waals surface area contributed by atoms with E-state index in [1.54, 1.807) is 24.9 Å². The zero-order valence-electron chi connectivity index (χ0n) is 11.5. The molecule has 0 unspecified atom stereocenters. The highest BCUT2D eigenvalue weighted by Crippen LogP contribution is 2.12. The van der Waals surface area contributed by atoms with Gasteiger partial charge in [-0.05, 0) is 31.2 Å². The van der Waals surface area contributed by atoms with Gasteiger partial charge in [-0.15, -0.1) is 0 Å². The first-order valence-electron chi connectivity index (χ1n) is 6.20. The number of anilines is 1. The molecule has 2 aromatic rings. The van der Waals surface area contributed by atoms with Gasteiger partial charge in [0.25, 0.3) is 5.91 Å². The lowest BCUT2D eigenvalue weighted by atomic mass is 10.2. The number of benzene rings is 1. The Labute approximate surface area is 117 Å². The number of nitrogens with one attached hydrogen (secondary N) is 1. The van der Waals surface area contributed by atoms with Gasteiger partial charge in [-0.25, -0.2) is 0 Å². The number of carbonyl (C=O) groups is 1. The second-order valence-electron chi connectivity index (χ2n) is 4.34. The molecule has 0 fully saturated rings. The van der Waals surface area contributed by atoms with Crippen molar-refractivity contribution in [1.29, 1.82) is 0 Å². The fourth-order valence-corrected chi connectivity index (χ4v) is 1.81. The van der Waals surface area contributed by atoms with Crippen molar-refractivity contribution < 1.29 is 4.79 Å². The van der Waals surface area contributed by atoms with Crippen LogP contribution in [0.15, 0.2) is 30.5 Å². The van der Waals surface area contributed by atoms with E-state index in [2.05, 4.69) is 22.3 Å². The fraction of sp³-hybridized carbons (Fsp3) is 0.200. The Morgan fingerprint density at radius 1 is 1.40 bits per heavy atom. The van der Waals surface area contributed by atoms with E-state index < -0.39 is 0 Å². The number of aryl methyl sites for hydroxylation is 2. The minimum absolute atomic E-state index is 0.170. The van der Waals surface area contributed by atoms with Gasteiger partial charge in [-0.1, -0.05) is 11.8 Å². The normalized spacial score (nSPS) is 9.75. The lowest BCUT2D eigenvalue weighted by Crippen LogP contribution is -2.12. The second-order valence-corrected chi connectivity index (χ2v) is 4.34. The van der Waals surface area contributed by atoms with Gasteiger partial charge >= 0.3 is 0 Å². The standard InChI is InChI=1S/C15H16N4O/c1-11-14(10-19(2)18-11)15(20)17-13-7-5-12(6-8-13)4-3-9-16/h5-8,10H,9,16H2,1-2H3,(H,17,20). The number of rotatable bonds is 2. The summed E-state index contributed by atoms with van der Waals surface area (Å²) in [4.78, 5) is 12.1. The van der Waals surface area contributed by atoms with E-state index >= 15 is 0 Å². The number of hydrogen-bond acceptors (Lipinski definition) is 3. The molecule has 0 bridgehead atoms. The van der Waals surface area contributed by atoms with Gasteiger partial charge in [0.1, 0.15) is 0 Å². The summed E-state index contributed by atoms with van der Waals surface area (Å²) in [6, 6.07) is 7.30. The molecule has 5 nitrogen and oxygen atoms in total. The van der Waals surface area contributed by atoms with Gasteiger partial charge in [-0.2, -0.15) is 5.10 Å².